The Morgan fingerprint density at radius 1 is 0.788 bits per heavy atom. The Labute approximate surface area is 204 Å². The van der Waals surface area contributed by atoms with Crippen molar-refractivity contribution in [2.75, 3.05) is 64.8 Å². The van der Waals surface area contributed by atoms with Crippen molar-refractivity contribution in [3.8, 4) is 0 Å². The van der Waals surface area contributed by atoms with Gasteiger partial charge in [0.1, 0.15) is 9.79 Å². The van der Waals surface area contributed by atoms with Gasteiger partial charge in [0, 0.05) is 45.8 Å². The van der Waals surface area contributed by atoms with Crippen molar-refractivity contribution in [2.45, 2.75) is 55.2 Å². The van der Waals surface area contributed by atoms with Gasteiger partial charge in [-0.3, -0.25) is 0 Å². The van der Waals surface area contributed by atoms with Crippen LogP contribution in [0.4, 0.5) is 5.69 Å². The van der Waals surface area contributed by atoms with Crippen LogP contribution in [0.25, 0.3) is 0 Å². The van der Waals surface area contributed by atoms with Crippen molar-refractivity contribution in [1.29, 1.82) is 0 Å². The average Bonchev–Trinajstić information content (AvgIpc) is 2.80. The fourth-order valence-electron chi connectivity index (χ4n) is 4.43. The minimum atomic E-state index is -3.89. The van der Waals surface area contributed by atoms with E-state index in [0.717, 1.165) is 45.1 Å². The number of hydrogen-bond acceptors (Lipinski definition) is 6. The minimum Gasteiger partial charge on any atom is -0.369 e. The SMILES string of the molecule is CCN(CCN(C)C)c1cc(Cl)c(S(=O)(=O)N2CCCCC2)cc1S(=O)(=O)N1CCCCC1. The van der Waals surface area contributed by atoms with E-state index in [1.165, 1.54) is 20.7 Å². The molecule has 0 aliphatic carbocycles. The number of anilines is 1. The largest absolute Gasteiger partial charge is 0.369 e. The molecule has 11 heteroatoms. The lowest BCUT2D eigenvalue weighted by atomic mass is 10.2. The molecule has 8 nitrogen and oxygen atoms in total. The smallest absolute Gasteiger partial charge is 0.245 e. The Balaban J connectivity index is 2.14. The lowest BCUT2D eigenvalue weighted by Crippen LogP contribution is -2.38. The maximum atomic E-state index is 13.8. The number of hydrogen-bond donors (Lipinski definition) is 0. The highest BCUT2D eigenvalue weighted by Gasteiger charge is 2.35. The first kappa shape index (κ1) is 26.7. The maximum absolute atomic E-state index is 13.8. The van der Waals surface area contributed by atoms with Crippen molar-refractivity contribution in [1.82, 2.24) is 13.5 Å². The van der Waals surface area contributed by atoms with Gasteiger partial charge in [-0.1, -0.05) is 24.4 Å². The Bertz CT molecular complexity index is 1020. The van der Waals surface area contributed by atoms with Crippen LogP contribution in [0.3, 0.4) is 0 Å². The zero-order valence-corrected chi connectivity index (χ0v) is 22.4. The summed E-state index contributed by atoms with van der Waals surface area (Å²) in [4.78, 5) is 3.90. The fourth-order valence-corrected chi connectivity index (χ4v) is 8.28. The predicted molar refractivity (Wildman–Crippen MR) is 133 cm³/mol. The minimum absolute atomic E-state index is 0.0324. The van der Waals surface area contributed by atoms with Gasteiger partial charge >= 0.3 is 0 Å². The monoisotopic (exact) mass is 520 g/mol. The Morgan fingerprint density at radius 3 is 1.73 bits per heavy atom. The summed E-state index contributed by atoms with van der Waals surface area (Å²) in [7, 11) is -3.85. The number of halogens is 1. The standard InChI is InChI=1S/C22H37ClN4O4S2/c1-4-25(16-15-24(2)3)20-17-19(23)21(32(28,29)26-11-7-5-8-12-26)18-22(20)33(30,31)27-13-9-6-10-14-27/h17-18H,4-16H2,1-3H3. The van der Waals surface area contributed by atoms with Gasteiger partial charge in [-0.2, -0.15) is 8.61 Å². The molecule has 0 aromatic heterocycles. The number of sulfonamides is 2. The van der Waals surface area contributed by atoms with Crippen molar-refractivity contribution < 1.29 is 16.8 Å². The third-order valence-electron chi connectivity index (χ3n) is 6.42. The van der Waals surface area contributed by atoms with E-state index in [2.05, 4.69) is 0 Å². The second-order valence-electron chi connectivity index (χ2n) is 9.06. The van der Waals surface area contributed by atoms with Gasteiger partial charge in [0.15, 0.2) is 0 Å². The van der Waals surface area contributed by atoms with E-state index in [9.17, 15) is 16.8 Å². The maximum Gasteiger partial charge on any atom is 0.245 e. The lowest BCUT2D eigenvalue weighted by molar-refractivity contribution is 0.345. The first-order valence-electron chi connectivity index (χ1n) is 11.8. The quantitative estimate of drug-likeness (QED) is 0.497. The Morgan fingerprint density at radius 2 is 1.27 bits per heavy atom. The highest BCUT2D eigenvalue weighted by Crippen LogP contribution is 2.37. The predicted octanol–water partition coefficient (Wildman–Crippen LogP) is 3.08. The van der Waals surface area contributed by atoms with Crippen LogP contribution in [0, 0.1) is 0 Å². The number of piperidine rings is 2. The summed E-state index contributed by atoms with van der Waals surface area (Å²) < 4.78 is 57.3. The van der Waals surface area contributed by atoms with Gasteiger partial charge in [0.05, 0.1) is 10.7 Å². The number of nitrogens with zero attached hydrogens (tertiary/aromatic N) is 4. The molecule has 188 valence electrons. The molecule has 0 bridgehead atoms. The molecule has 2 aliphatic heterocycles. The average molecular weight is 521 g/mol. The summed E-state index contributed by atoms with van der Waals surface area (Å²) in [5, 5.41) is 0.0662. The van der Waals surface area contributed by atoms with Gasteiger partial charge in [0.25, 0.3) is 0 Å². The molecular weight excluding hydrogens is 484 g/mol. The van der Waals surface area contributed by atoms with Crippen LogP contribution in [0.2, 0.25) is 5.02 Å². The summed E-state index contributed by atoms with van der Waals surface area (Å²) in [6.07, 6.45) is 5.19. The van der Waals surface area contributed by atoms with Crippen LogP contribution < -0.4 is 4.90 Å². The van der Waals surface area contributed by atoms with Crippen LogP contribution in [0.15, 0.2) is 21.9 Å². The lowest BCUT2D eigenvalue weighted by Gasteiger charge is -2.32. The van der Waals surface area contributed by atoms with E-state index >= 15 is 0 Å². The van der Waals surface area contributed by atoms with Crippen molar-refractivity contribution >= 4 is 37.3 Å². The molecule has 0 spiro atoms. The molecule has 0 radical (unpaired) electrons. The molecule has 0 N–H and O–H groups in total. The molecule has 0 atom stereocenters. The van der Waals surface area contributed by atoms with E-state index in [0.29, 0.717) is 45.0 Å². The summed E-state index contributed by atoms with van der Waals surface area (Å²) in [5.41, 5.74) is 0.465. The third kappa shape index (κ3) is 6.02. The summed E-state index contributed by atoms with van der Waals surface area (Å²) in [6.45, 7) is 5.61. The normalized spacial score (nSPS) is 19.2. The highest BCUT2D eigenvalue weighted by atomic mass is 35.5. The van der Waals surface area contributed by atoms with Crippen molar-refractivity contribution in [3.05, 3.63) is 17.2 Å². The molecule has 2 aliphatic rings. The van der Waals surface area contributed by atoms with Crippen molar-refractivity contribution in [3.63, 3.8) is 0 Å². The fraction of sp³-hybridized carbons (Fsp3) is 0.727. The molecule has 3 rings (SSSR count). The van der Waals surface area contributed by atoms with Crippen LogP contribution in [-0.4, -0.2) is 90.3 Å². The molecule has 2 heterocycles. The molecule has 0 saturated carbocycles. The molecule has 2 fully saturated rings. The number of benzene rings is 1. The third-order valence-corrected chi connectivity index (χ3v) is 10.7. The summed E-state index contributed by atoms with van der Waals surface area (Å²) in [6, 6.07) is 2.85. The first-order chi connectivity index (χ1) is 15.6. The highest BCUT2D eigenvalue weighted by molar-refractivity contribution is 7.90. The Hall–Kier alpha value is -0.910. The number of rotatable bonds is 9. The van der Waals surface area contributed by atoms with Crippen LogP contribution in [-0.2, 0) is 20.0 Å². The second-order valence-corrected chi connectivity index (χ2v) is 13.3. The molecule has 0 amide bonds. The number of likely N-dealkylation sites (N-methyl/N-ethyl adjacent to an activating group) is 2. The summed E-state index contributed by atoms with van der Waals surface area (Å²) in [5.74, 6) is 0. The summed E-state index contributed by atoms with van der Waals surface area (Å²) >= 11 is 6.55. The van der Waals surface area contributed by atoms with E-state index in [-0.39, 0.29) is 14.8 Å². The van der Waals surface area contributed by atoms with Crippen LogP contribution in [0.5, 0.6) is 0 Å². The van der Waals surface area contributed by atoms with E-state index < -0.39 is 20.0 Å². The van der Waals surface area contributed by atoms with E-state index in [1.807, 2.05) is 30.8 Å². The zero-order valence-electron chi connectivity index (χ0n) is 20.0. The van der Waals surface area contributed by atoms with E-state index in [1.54, 1.807) is 0 Å². The topological polar surface area (TPSA) is 81.2 Å². The van der Waals surface area contributed by atoms with Crippen LogP contribution >= 0.6 is 11.6 Å². The zero-order chi connectivity index (χ0) is 24.2. The molecular formula is C22H37ClN4O4S2. The van der Waals surface area contributed by atoms with Crippen LogP contribution in [0.1, 0.15) is 45.4 Å². The van der Waals surface area contributed by atoms with Gasteiger partial charge < -0.3 is 9.80 Å². The van der Waals surface area contributed by atoms with Gasteiger partial charge in [-0.05, 0) is 58.8 Å². The van der Waals surface area contributed by atoms with Crippen molar-refractivity contribution in [2.24, 2.45) is 0 Å². The molecule has 0 unspecified atom stereocenters. The molecule has 1 aromatic carbocycles. The molecule has 33 heavy (non-hydrogen) atoms. The molecule has 2 saturated heterocycles. The first-order valence-corrected chi connectivity index (χ1v) is 15.1. The Kier molecular flexibility index (Phi) is 9.07. The second kappa shape index (κ2) is 11.2. The van der Waals surface area contributed by atoms with E-state index in [4.69, 9.17) is 11.6 Å². The van der Waals surface area contributed by atoms with Gasteiger partial charge in [0.2, 0.25) is 20.0 Å². The van der Waals surface area contributed by atoms with Gasteiger partial charge in [-0.25, -0.2) is 16.8 Å². The van der Waals surface area contributed by atoms with Gasteiger partial charge in [-0.15, -0.1) is 0 Å². The molecule has 1 aromatic rings.